The largest absolute Gasteiger partial charge is 0.495 e. The van der Waals surface area contributed by atoms with Crippen LogP contribution in [0.25, 0.3) is 0 Å². The van der Waals surface area contributed by atoms with Gasteiger partial charge in [0.2, 0.25) is 11.8 Å². The molecule has 0 saturated heterocycles. The first-order valence-corrected chi connectivity index (χ1v) is 8.09. The molecule has 0 spiro atoms. The van der Waals surface area contributed by atoms with Crippen LogP contribution in [0.3, 0.4) is 0 Å². The third-order valence-electron chi connectivity index (χ3n) is 4.34. The molecular formula is C20H24N2O3. The lowest BCUT2D eigenvalue weighted by Crippen LogP contribution is -2.41. The zero-order valence-corrected chi connectivity index (χ0v) is 15.3. The zero-order chi connectivity index (χ0) is 18.6. The summed E-state index contributed by atoms with van der Waals surface area (Å²) in [4.78, 5) is 25.3. The van der Waals surface area contributed by atoms with Crippen LogP contribution in [0.5, 0.6) is 5.75 Å². The highest BCUT2D eigenvalue weighted by atomic mass is 16.5. The van der Waals surface area contributed by atoms with Gasteiger partial charge in [-0.1, -0.05) is 24.3 Å². The SMILES string of the molecule is COc1ccccc1NC(=O)C(C)(C)C(=O)Nc1cccc(C)c1C. The molecule has 0 saturated carbocycles. The van der Waals surface area contributed by atoms with E-state index in [0.717, 1.165) is 11.1 Å². The Morgan fingerprint density at radius 2 is 1.44 bits per heavy atom. The van der Waals surface area contributed by atoms with Gasteiger partial charge in [-0.15, -0.1) is 0 Å². The molecule has 132 valence electrons. The van der Waals surface area contributed by atoms with E-state index in [1.165, 1.54) is 7.11 Å². The second kappa shape index (κ2) is 7.38. The first-order valence-electron chi connectivity index (χ1n) is 8.09. The molecule has 0 unspecified atom stereocenters. The number of hydrogen-bond acceptors (Lipinski definition) is 3. The van der Waals surface area contributed by atoms with E-state index in [0.29, 0.717) is 17.1 Å². The molecule has 2 amide bonds. The topological polar surface area (TPSA) is 67.4 Å². The first kappa shape index (κ1) is 18.5. The lowest BCUT2D eigenvalue weighted by Gasteiger charge is -2.24. The average molecular weight is 340 g/mol. The Morgan fingerprint density at radius 1 is 0.880 bits per heavy atom. The summed E-state index contributed by atoms with van der Waals surface area (Å²) in [6, 6.07) is 12.8. The molecule has 0 radical (unpaired) electrons. The maximum atomic E-state index is 12.7. The van der Waals surface area contributed by atoms with Gasteiger partial charge in [-0.05, 0) is 57.0 Å². The first-order chi connectivity index (χ1) is 11.8. The predicted octanol–water partition coefficient (Wildman–Crippen LogP) is 3.92. The molecule has 0 aliphatic rings. The molecule has 5 heteroatoms. The number of methoxy groups -OCH3 is 1. The van der Waals surface area contributed by atoms with Gasteiger partial charge in [0.05, 0.1) is 12.8 Å². The van der Waals surface area contributed by atoms with Crippen LogP contribution in [0.15, 0.2) is 42.5 Å². The van der Waals surface area contributed by atoms with E-state index in [2.05, 4.69) is 10.6 Å². The summed E-state index contributed by atoms with van der Waals surface area (Å²) in [5.74, 6) is -0.227. The monoisotopic (exact) mass is 340 g/mol. The lowest BCUT2D eigenvalue weighted by molar-refractivity contribution is -0.135. The Labute approximate surface area is 148 Å². The van der Waals surface area contributed by atoms with Gasteiger partial charge in [0.15, 0.2) is 0 Å². The van der Waals surface area contributed by atoms with Gasteiger partial charge in [0, 0.05) is 5.69 Å². The van der Waals surface area contributed by atoms with Gasteiger partial charge in [-0.3, -0.25) is 9.59 Å². The zero-order valence-electron chi connectivity index (χ0n) is 15.3. The average Bonchev–Trinajstić information content (AvgIpc) is 2.59. The predicted molar refractivity (Wildman–Crippen MR) is 100.0 cm³/mol. The smallest absolute Gasteiger partial charge is 0.239 e. The van der Waals surface area contributed by atoms with Crippen molar-refractivity contribution >= 4 is 23.2 Å². The van der Waals surface area contributed by atoms with Crippen molar-refractivity contribution in [1.82, 2.24) is 0 Å². The number of rotatable bonds is 5. The fourth-order valence-corrected chi connectivity index (χ4v) is 2.29. The van der Waals surface area contributed by atoms with E-state index in [1.807, 2.05) is 38.1 Å². The summed E-state index contributed by atoms with van der Waals surface area (Å²) in [5.41, 5.74) is 2.05. The van der Waals surface area contributed by atoms with E-state index in [4.69, 9.17) is 4.74 Å². The number of amides is 2. The standard InChI is InChI=1S/C20H24N2O3/c1-13-9-8-11-15(14(13)2)21-18(23)20(3,4)19(24)22-16-10-6-7-12-17(16)25-5/h6-12H,1-5H3,(H,21,23)(H,22,24). The van der Waals surface area contributed by atoms with Crippen LogP contribution in [0.4, 0.5) is 11.4 Å². The molecule has 0 fully saturated rings. The molecule has 0 bridgehead atoms. The van der Waals surface area contributed by atoms with Crippen molar-refractivity contribution in [1.29, 1.82) is 0 Å². The Hall–Kier alpha value is -2.82. The van der Waals surface area contributed by atoms with Gasteiger partial charge in [0.1, 0.15) is 11.2 Å². The highest BCUT2D eigenvalue weighted by molar-refractivity contribution is 6.14. The van der Waals surface area contributed by atoms with Crippen LogP contribution in [0.1, 0.15) is 25.0 Å². The van der Waals surface area contributed by atoms with Gasteiger partial charge in [0.25, 0.3) is 0 Å². The summed E-state index contributed by atoms with van der Waals surface area (Å²) < 4.78 is 5.23. The quantitative estimate of drug-likeness (QED) is 0.811. The number of hydrogen-bond donors (Lipinski definition) is 2. The molecule has 0 aliphatic heterocycles. The van der Waals surface area contributed by atoms with E-state index < -0.39 is 11.3 Å². The van der Waals surface area contributed by atoms with E-state index in [-0.39, 0.29) is 5.91 Å². The number of ether oxygens (including phenoxy) is 1. The molecule has 2 aromatic rings. The van der Waals surface area contributed by atoms with Crippen molar-refractivity contribution in [3.63, 3.8) is 0 Å². The molecular weight excluding hydrogens is 316 g/mol. The third kappa shape index (κ3) is 3.99. The second-order valence-electron chi connectivity index (χ2n) is 6.48. The van der Waals surface area contributed by atoms with Crippen LogP contribution in [-0.4, -0.2) is 18.9 Å². The second-order valence-corrected chi connectivity index (χ2v) is 6.48. The summed E-state index contributed by atoms with van der Waals surface area (Å²) >= 11 is 0. The molecule has 2 aromatic carbocycles. The number of anilines is 2. The van der Waals surface area contributed by atoms with Crippen LogP contribution in [0, 0.1) is 19.3 Å². The summed E-state index contributed by atoms with van der Waals surface area (Å²) in [5, 5.41) is 5.63. The van der Waals surface area contributed by atoms with Crippen molar-refractivity contribution in [3.8, 4) is 5.75 Å². The Kier molecular flexibility index (Phi) is 5.47. The van der Waals surface area contributed by atoms with Gasteiger partial charge in [-0.2, -0.15) is 0 Å². The number of carbonyl (C=O) groups is 2. The van der Waals surface area contributed by atoms with Crippen LogP contribution in [-0.2, 0) is 9.59 Å². The summed E-state index contributed by atoms with van der Waals surface area (Å²) in [6.45, 7) is 7.10. The molecule has 0 atom stereocenters. The van der Waals surface area contributed by atoms with Crippen LogP contribution >= 0.6 is 0 Å². The number of nitrogens with one attached hydrogen (secondary N) is 2. The minimum atomic E-state index is -1.25. The van der Waals surface area contributed by atoms with Crippen molar-refractivity contribution in [3.05, 3.63) is 53.6 Å². The Morgan fingerprint density at radius 3 is 2.08 bits per heavy atom. The van der Waals surface area contributed by atoms with E-state index >= 15 is 0 Å². The molecule has 0 heterocycles. The maximum Gasteiger partial charge on any atom is 0.239 e. The number of benzene rings is 2. The maximum absolute atomic E-state index is 12.7. The van der Waals surface area contributed by atoms with Crippen molar-refractivity contribution in [2.75, 3.05) is 17.7 Å². The Bertz CT molecular complexity index is 797. The van der Waals surface area contributed by atoms with Gasteiger partial charge < -0.3 is 15.4 Å². The number of aryl methyl sites for hydroxylation is 1. The molecule has 2 N–H and O–H groups in total. The highest BCUT2D eigenvalue weighted by Crippen LogP contribution is 2.27. The molecule has 25 heavy (non-hydrogen) atoms. The fraction of sp³-hybridized carbons (Fsp3) is 0.300. The van der Waals surface area contributed by atoms with Crippen molar-refractivity contribution < 1.29 is 14.3 Å². The fourth-order valence-electron chi connectivity index (χ4n) is 2.29. The lowest BCUT2D eigenvalue weighted by atomic mass is 9.90. The Balaban J connectivity index is 2.17. The normalized spacial score (nSPS) is 10.9. The molecule has 2 rings (SSSR count). The van der Waals surface area contributed by atoms with E-state index in [1.54, 1.807) is 32.0 Å². The van der Waals surface area contributed by atoms with Gasteiger partial charge in [-0.25, -0.2) is 0 Å². The minimum Gasteiger partial charge on any atom is -0.495 e. The van der Waals surface area contributed by atoms with Gasteiger partial charge >= 0.3 is 0 Å². The molecule has 0 aliphatic carbocycles. The van der Waals surface area contributed by atoms with Crippen molar-refractivity contribution in [2.45, 2.75) is 27.7 Å². The minimum absolute atomic E-state index is 0.367. The van der Waals surface area contributed by atoms with Crippen LogP contribution < -0.4 is 15.4 Å². The highest BCUT2D eigenvalue weighted by Gasteiger charge is 2.36. The van der Waals surface area contributed by atoms with E-state index in [9.17, 15) is 9.59 Å². The number of para-hydroxylation sites is 2. The van der Waals surface area contributed by atoms with Crippen LogP contribution in [0.2, 0.25) is 0 Å². The molecule has 5 nitrogen and oxygen atoms in total. The van der Waals surface area contributed by atoms with Crippen molar-refractivity contribution in [2.24, 2.45) is 5.41 Å². The molecule has 0 aromatic heterocycles. The summed E-state index contributed by atoms with van der Waals surface area (Å²) in [6.07, 6.45) is 0. The third-order valence-corrected chi connectivity index (χ3v) is 4.34. The number of carbonyl (C=O) groups excluding carboxylic acids is 2. The summed E-state index contributed by atoms with van der Waals surface area (Å²) in [7, 11) is 1.53.